The van der Waals surface area contributed by atoms with Crippen LogP contribution in [0.1, 0.15) is 0 Å². The molecule has 92 valence electrons. The highest BCUT2D eigenvalue weighted by molar-refractivity contribution is 8.00. The summed E-state index contributed by atoms with van der Waals surface area (Å²) in [5.74, 6) is 0.672. The van der Waals surface area contributed by atoms with Crippen molar-refractivity contribution in [3.8, 4) is 0 Å². The molecule has 0 atom stereocenters. The van der Waals surface area contributed by atoms with Crippen LogP contribution in [0.5, 0.6) is 0 Å². The minimum absolute atomic E-state index is 0.159. The second-order valence-electron chi connectivity index (χ2n) is 4.00. The number of aromatic nitrogens is 3. The molecule has 1 aromatic carbocycles. The van der Waals surface area contributed by atoms with E-state index in [1.54, 1.807) is 24.4 Å². The monoisotopic (exact) mass is 260 g/mol. The molecule has 0 spiro atoms. The first kappa shape index (κ1) is 11.3. The lowest BCUT2D eigenvalue weighted by Gasteiger charge is -2.28. The average molecular weight is 260 g/mol. The molecule has 1 aliphatic rings. The van der Waals surface area contributed by atoms with Gasteiger partial charge in [0.15, 0.2) is 0 Å². The van der Waals surface area contributed by atoms with E-state index >= 15 is 0 Å². The minimum Gasteiger partial charge on any atom is -0.318 e. The molecule has 0 N–H and O–H groups in total. The Balaban J connectivity index is 1.80. The predicted molar refractivity (Wildman–Crippen MR) is 69.5 cm³/mol. The molecule has 0 radical (unpaired) electrons. The van der Waals surface area contributed by atoms with Gasteiger partial charge in [-0.25, -0.2) is 0 Å². The van der Waals surface area contributed by atoms with Crippen molar-refractivity contribution in [2.24, 2.45) is 0 Å². The maximum Gasteiger partial charge on any atom is 0.237 e. The average Bonchev–Trinajstić information content (AvgIpc) is 2.91. The molecule has 18 heavy (non-hydrogen) atoms. The number of amides is 1. The van der Waals surface area contributed by atoms with E-state index in [0.29, 0.717) is 18.8 Å². The summed E-state index contributed by atoms with van der Waals surface area (Å²) < 4.78 is 1.87. The van der Waals surface area contributed by atoms with Crippen LogP contribution in [0, 0.1) is 0 Å². The smallest absolute Gasteiger partial charge is 0.237 e. The summed E-state index contributed by atoms with van der Waals surface area (Å²) in [7, 11) is 0. The summed E-state index contributed by atoms with van der Waals surface area (Å²) in [6.45, 7) is 1.35. The quantitative estimate of drug-likeness (QED) is 0.837. The van der Waals surface area contributed by atoms with Crippen molar-refractivity contribution in [2.45, 2.75) is 11.4 Å². The van der Waals surface area contributed by atoms with Crippen molar-refractivity contribution in [1.29, 1.82) is 0 Å². The van der Waals surface area contributed by atoms with Crippen LogP contribution in [0.4, 0.5) is 5.69 Å². The molecule has 0 aliphatic carbocycles. The molecule has 0 saturated heterocycles. The predicted octanol–water partition coefficient (Wildman–Crippen LogP) is 1.42. The first-order chi connectivity index (χ1) is 8.84. The molecule has 1 aromatic heterocycles. The third-order valence-electron chi connectivity index (χ3n) is 2.86. The van der Waals surface area contributed by atoms with E-state index in [9.17, 15) is 4.79 Å². The van der Waals surface area contributed by atoms with Crippen LogP contribution in [0.15, 0.2) is 41.8 Å². The van der Waals surface area contributed by atoms with Crippen molar-refractivity contribution in [3.05, 3.63) is 36.9 Å². The molecule has 0 fully saturated rings. The van der Waals surface area contributed by atoms with Gasteiger partial charge in [0.05, 0.1) is 11.4 Å². The number of thioether (sulfide) groups is 1. The van der Waals surface area contributed by atoms with E-state index in [-0.39, 0.29) is 5.91 Å². The highest BCUT2D eigenvalue weighted by atomic mass is 32.2. The Morgan fingerprint density at radius 3 is 2.78 bits per heavy atom. The number of hydrogen-bond acceptors (Lipinski definition) is 4. The Bertz CT molecular complexity index is 555. The third kappa shape index (κ3) is 2.11. The fourth-order valence-electron chi connectivity index (χ4n) is 1.95. The molecule has 6 heteroatoms. The summed E-state index contributed by atoms with van der Waals surface area (Å²) in [5, 5.41) is 7.51. The van der Waals surface area contributed by atoms with Gasteiger partial charge in [0.2, 0.25) is 5.91 Å². The van der Waals surface area contributed by atoms with Gasteiger partial charge < -0.3 is 9.47 Å². The number of carbonyl (C=O) groups excluding carboxylic acids is 1. The van der Waals surface area contributed by atoms with Gasteiger partial charge in [0.25, 0.3) is 0 Å². The summed E-state index contributed by atoms with van der Waals surface area (Å²) in [5.41, 5.74) is 1.01. The SMILES string of the molecule is O=C1CSc2ccccc2N1CCn1cnnc1. The van der Waals surface area contributed by atoms with Crippen LogP contribution in [0.2, 0.25) is 0 Å². The minimum atomic E-state index is 0.159. The van der Waals surface area contributed by atoms with Crippen LogP contribution >= 0.6 is 11.8 Å². The molecule has 0 unspecified atom stereocenters. The van der Waals surface area contributed by atoms with Crippen LogP contribution in [-0.4, -0.2) is 33.0 Å². The number of para-hydroxylation sites is 1. The first-order valence-corrected chi connectivity index (χ1v) is 6.68. The fraction of sp³-hybridized carbons (Fsp3) is 0.250. The lowest BCUT2D eigenvalue weighted by atomic mass is 10.2. The van der Waals surface area contributed by atoms with Crippen LogP contribution in [-0.2, 0) is 11.3 Å². The number of hydrogen-bond donors (Lipinski definition) is 0. The number of nitrogens with zero attached hydrogens (tertiary/aromatic N) is 4. The third-order valence-corrected chi connectivity index (χ3v) is 3.90. The molecule has 2 aromatic rings. The van der Waals surface area contributed by atoms with Gasteiger partial charge in [-0.15, -0.1) is 22.0 Å². The van der Waals surface area contributed by atoms with Gasteiger partial charge in [-0.05, 0) is 12.1 Å². The Morgan fingerprint density at radius 2 is 1.94 bits per heavy atom. The molecule has 3 rings (SSSR count). The van der Waals surface area contributed by atoms with Crippen molar-refractivity contribution in [2.75, 3.05) is 17.2 Å². The number of benzene rings is 1. The number of fused-ring (bicyclic) bond motifs is 1. The summed E-state index contributed by atoms with van der Waals surface area (Å²) in [4.78, 5) is 15.0. The van der Waals surface area contributed by atoms with E-state index < -0.39 is 0 Å². The van der Waals surface area contributed by atoms with Crippen LogP contribution < -0.4 is 4.90 Å². The van der Waals surface area contributed by atoms with Gasteiger partial charge in [-0.3, -0.25) is 4.79 Å². The Hall–Kier alpha value is -1.82. The molecule has 1 aliphatic heterocycles. The highest BCUT2D eigenvalue weighted by Crippen LogP contribution is 2.34. The zero-order chi connectivity index (χ0) is 12.4. The van der Waals surface area contributed by atoms with Gasteiger partial charge in [-0.2, -0.15) is 0 Å². The largest absolute Gasteiger partial charge is 0.318 e. The maximum absolute atomic E-state index is 12.0. The zero-order valence-corrected chi connectivity index (χ0v) is 10.5. The van der Waals surface area contributed by atoms with Crippen LogP contribution in [0.25, 0.3) is 0 Å². The van der Waals surface area contributed by atoms with Crippen molar-refractivity contribution in [3.63, 3.8) is 0 Å². The van der Waals surface area contributed by atoms with E-state index in [0.717, 1.165) is 5.69 Å². The summed E-state index contributed by atoms with van der Waals surface area (Å²) in [6.07, 6.45) is 3.32. The van der Waals surface area contributed by atoms with E-state index in [4.69, 9.17) is 0 Å². The first-order valence-electron chi connectivity index (χ1n) is 5.69. The van der Waals surface area contributed by atoms with Crippen molar-refractivity contribution < 1.29 is 4.79 Å². The molecule has 0 bridgehead atoms. The Kier molecular flexibility index (Phi) is 3.02. The van der Waals surface area contributed by atoms with Crippen molar-refractivity contribution >= 4 is 23.4 Å². The lowest BCUT2D eigenvalue weighted by molar-refractivity contribution is -0.116. The Morgan fingerprint density at radius 1 is 1.17 bits per heavy atom. The number of rotatable bonds is 3. The van der Waals surface area contributed by atoms with E-state index in [2.05, 4.69) is 16.3 Å². The van der Waals surface area contributed by atoms with E-state index in [1.165, 1.54) is 4.90 Å². The second kappa shape index (κ2) is 4.81. The molecular formula is C12H12N4OS. The fourth-order valence-corrected chi connectivity index (χ4v) is 2.89. The number of carbonyl (C=O) groups is 1. The Labute approximate surface area is 109 Å². The van der Waals surface area contributed by atoms with Gasteiger partial charge in [0, 0.05) is 18.0 Å². The lowest BCUT2D eigenvalue weighted by Crippen LogP contribution is -2.37. The van der Waals surface area contributed by atoms with E-state index in [1.807, 2.05) is 27.7 Å². The topological polar surface area (TPSA) is 51.0 Å². The molecule has 5 nitrogen and oxygen atoms in total. The van der Waals surface area contributed by atoms with Crippen LogP contribution in [0.3, 0.4) is 0 Å². The normalized spacial score (nSPS) is 14.7. The molecule has 2 heterocycles. The number of anilines is 1. The molecule has 0 saturated carbocycles. The van der Waals surface area contributed by atoms with Gasteiger partial charge in [0.1, 0.15) is 12.7 Å². The van der Waals surface area contributed by atoms with Crippen molar-refractivity contribution in [1.82, 2.24) is 14.8 Å². The highest BCUT2D eigenvalue weighted by Gasteiger charge is 2.23. The summed E-state index contributed by atoms with van der Waals surface area (Å²) in [6, 6.07) is 8.01. The zero-order valence-electron chi connectivity index (χ0n) is 9.69. The summed E-state index contributed by atoms with van der Waals surface area (Å²) >= 11 is 1.60. The molecular weight excluding hydrogens is 248 g/mol. The second-order valence-corrected chi connectivity index (χ2v) is 5.02. The molecule has 1 amide bonds. The van der Waals surface area contributed by atoms with Gasteiger partial charge in [-0.1, -0.05) is 12.1 Å². The maximum atomic E-state index is 12.0. The standard InChI is InChI=1S/C12H12N4OS/c17-12-7-18-11-4-2-1-3-10(11)16(12)6-5-15-8-13-14-9-15/h1-4,8-9H,5-7H2. The van der Waals surface area contributed by atoms with Gasteiger partial charge >= 0.3 is 0 Å².